The van der Waals surface area contributed by atoms with E-state index in [1.165, 1.54) is 28.5 Å². The molecule has 1 amide bonds. The maximum absolute atomic E-state index is 13.2. The Labute approximate surface area is 260 Å². The molecule has 3 rings (SSSR count). The number of aliphatic carboxylic acids is 1. The topological polar surface area (TPSA) is 75.6 Å². The van der Waals surface area contributed by atoms with Crippen molar-refractivity contribution in [2.75, 3.05) is 11.5 Å². The van der Waals surface area contributed by atoms with Gasteiger partial charge in [-0.25, -0.2) is 4.79 Å². The molecule has 0 aliphatic carbocycles. The number of carbonyl (C=O) groups excluding carboxylic acids is 1. The van der Waals surface area contributed by atoms with Crippen molar-refractivity contribution < 1.29 is 19.4 Å². The molecule has 0 aliphatic heterocycles. The van der Waals surface area contributed by atoms with Crippen LogP contribution in [0.3, 0.4) is 0 Å². The molecule has 43 heavy (non-hydrogen) atoms. The maximum atomic E-state index is 13.2. The van der Waals surface area contributed by atoms with Crippen LogP contribution in [0, 0.1) is 0 Å². The molecule has 0 radical (unpaired) electrons. The Kier molecular flexibility index (Phi) is 13.9. The highest BCUT2D eigenvalue weighted by Crippen LogP contribution is 2.28. The summed E-state index contributed by atoms with van der Waals surface area (Å²) < 4.78 is 5.88. The van der Waals surface area contributed by atoms with Crippen LogP contribution in [0.15, 0.2) is 114 Å². The second kappa shape index (κ2) is 17.8. The molecule has 0 fully saturated rings. The summed E-state index contributed by atoms with van der Waals surface area (Å²) in [5.41, 5.74) is 6.04. The van der Waals surface area contributed by atoms with Crippen molar-refractivity contribution in [3.63, 3.8) is 0 Å². The number of benzene rings is 3. The summed E-state index contributed by atoms with van der Waals surface area (Å²) >= 11 is 1.50. The maximum Gasteiger partial charge on any atom is 0.327 e. The predicted molar refractivity (Wildman–Crippen MR) is 180 cm³/mol. The standard InChI is InChI=1S/C37H43NO4S/c1-27(2)12-10-13-28(3)14-11-15-29(4)24-25-43-26-35(37(40)41)38-36(39)34-19-9-8-18-33(34)30-20-22-32(23-21-30)42-31-16-6-5-7-17-31/h5-9,12,14,16-24,35H,10-11,13,15,25-26H2,1-4H3,(H,38,39)(H,40,41)/b28-14+,29-24+/t35-/m0/s1. The molecule has 3 aromatic rings. The third kappa shape index (κ3) is 12.0. The fourth-order valence-electron chi connectivity index (χ4n) is 4.40. The van der Waals surface area contributed by atoms with Gasteiger partial charge >= 0.3 is 5.97 Å². The van der Waals surface area contributed by atoms with Crippen molar-refractivity contribution in [2.24, 2.45) is 0 Å². The summed E-state index contributed by atoms with van der Waals surface area (Å²) in [5, 5.41) is 12.5. The lowest BCUT2D eigenvalue weighted by atomic mass is 9.99. The van der Waals surface area contributed by atoms with E-state index in [-0.39, 0.29) is 5.75 Å². The van der Waals surface area contributed by atoms with Gasteiger partial charge in [-0.2, -0.15) is 11.8 Å². The van der Waals surface area contributed by atoms with E-state index >= 15 is 0 Å². The number of allylic oxidation sites excluding steroid dienone is 5. The van der Waals surface area contributed by atoms with Crippen molar-refractivity contribution in [1.82, 2.24) is 5.32 Å². The second-order valence-electron chi connectivity index (χ2n) is 10.8. The number of ether oxygens (including phenoxy) is 1. The van der Waals surface area contributed by atoms with E-state index < -0.39 is 17.9 Å². The average Bonchev–Trinajstić information content (AvgIpc) is 2.99. The van der Waals surface area contributed by atoms with E-state index in [1.54, 1.807) is 12.1 Å². The molecule has 3 aromatic carbocycles. The van der Waals surface area contributed by atoms with Crippen LogP contribution in [0.1, 0.15) is 63.7 Å². The minimum absolute atomic E-state index is 0.280. The number of carbonyl (C=O) groups is 2. The van der Waals surface area contributed by atoms with Gasteiger partial charge in [0, 0.05) is 17.1 Å². The third-order valence-electron chi connectivity index (χ3n) is 6.88. The first-order valence-electron chi connectivity index (χ1n) is 14.7. The first-order chi connectivity index (χ1) is 20.7. The SMILES string of the molecule is CC(C)=CCC/C(C)=C/CC/C(C)=C/CSC[C@H](NC(=O)c1ccccc1-c1ccc(Oc2ccccc2)cc1)C(=O)O. The predicted octanol–water partition coefficient (Wildman–Crippen LogP) is 9.48. The van der Waals surface area contributed by atoms with Crippen LogP contribution in [-0.4, -0.2) is 34.5 Å². The minimum Gasteiger partial charge on any atom is -0.480 e. The van der Waals surface area contributed by atoms with Gasteiger partial charge in [0.15, 0.2) is 0 Å². The Hall–Kier alpha value is -4.03. The van der Waals surface area contributed by atoms with Crippen LogP contribution in [0.5, 0.6) is 11.5 Å². The number of rotatable bonds is 16. The normalized spacial score (nSPS) is 12.4. The number of carboxylic acids is 1. The Bertz CT molecular complexity index is 1420. The number of nitrogens with one attached hydrogen (secondary N) is 1. The molecule has 1 atom stereocenters. The molecule has 0 spiro atoms. The van der Waals surface area contributed by atoms with Crippen molar-refractivity contribution in [3.05, 3.63) is 119 Å². The van der Waals surface area contributed by atoms with Crippen LogP contribution in [0.2, 0.25) is 0 Å². The van der Waals surface area contributed by atoms with Gasteiger partial charge in [0.2, 0.25) is 0 Å². The summed E-state index contributed by atoms with van der Waals surface area (Å²) in [6.45, 7) is 8.55. The fourth-order valence-corrected chi connectivity index (χ4v) is 5.40. The van der Waals surface area contributed by atoms with Crippen LogP contribution < -0.4 is 10.1 Å². The highest BCUT2D eigenvalue weighted by molar-refractivity contribution is 7.99. The Morgan fingerprint density at radius 3 is 2.07 bits per heavy atom. The van der Waals surface area contributed by atoms with Crippen molar-refractivity contribution >= 4 is 23.6 Å². The molecule has 0 heterocycles. The highest BCUT2D eigenvalue weighted by atomic mass is 32.2. The van der Waals surface area contributed by atoms with Crippen molar-refractivity contribution in [1.29, 1.82) is 0 Å². The van der Waals surface area contributed by atoms with Gasteiger partial charge in [0.1, 0.15) is 17.5 Å². The number of hydrogen-bond acceptors (Lipinski definition) is 4. The Balaban J connectivity index is 1.53. The Morgan fingerprint density at radius 2 is 1.40 bits per heavy atom. The van der Waals surface area contributed by atoms with Crippen molar-refractivity contribution in [2.45, 2.75) is 59.4 Å². The zero-order valence-electron chi connectivity index (χ0n) is 25.6. The van der Waals surface area contributed by atoms with Crippen molar-refractivity contribution in [3.8, 4) is 22.6 Å². The molecule has 2 N–H and O–H groups in total. The zero-order chi connectivity index (χ0) is 31.0. The summed E-state index contributed by atoms with van der Waals surface area (Å²) in [6.07, 6.45) is 10.9. The molecule has 0 aliphatic rings. The van der Waals surface area contributed by atoms with Crippen LogP contribution in [0.4, 0.5) is 0 Å². The van der Waals surface area contributed by atoms with Gasteiger partial charge in [0.05, 0.1) is 0 Å². The molecule has 5 nitrogen and oxygen atoms in total. The molecule has 0 unspecified atom stereocenters. The summed E-state index contributed by atoms with van der Waals surface area (Å²) in [6, 6.07) is 23.2. The average molecular weight is 598 g/mol. The van der Waals surface area contributed by atoms with E-state index in [9.17, 15) is 14.7 Å². The smallest absolute Gasteiger partial charge is 0.327 e. The molecule has 0 saturated heterocycles. The van der Waals surface area contributed by atoms with E-state index in [4.69, 9.17) is 4.74 Å². The van der Waals surface area contributed by atoms with Gasteiger partial charge in [-0.3, -0.25) is 4.79 Å². The van der Waals surface area contributed by atoms with Crippen LogP contribution in [0.25, 0.3) is 11.1 Å². The number of thioether (sulfide) groups is 1. The number of para-hydroxylation sites is 1. The van der Waals surface area contributed by atoms with Gasteiger partial charge in [0.25, 0.3) is 5.91 Å². The lowest BCUT2D eigenvalue weighted by Gasteiger charge is -2.16. The number of amides is 1. The largest absolute Gasteiger partial charge is 0.480 e. The monoisotopic (exact) mass is 597 g/mol. The quantitative estimate of drug-likeness (QED) is 0.127. The van der Waals surface area contributed by atoms with Crippen LogP contribution in [-0.2, 0) is 4.79 Å². The van der Waals surface area contributed by atoms with E-state index in [1.807, 2.05) is 66.7 Å². The molecule has 6 heteroatoms. The molecule has 0 saturated carbocycles. The molecular formula is C37H43NO4S. The Morgan fingerprint density at radius 1 is 0.791 bits per heavy atom. The first kappa shape index (κ1) is 33.5. The second-order valence-corrected chi connectivity index (χ2v) is 11.9. The van der Waals surface area contributed by atoms with Gasteiger partial charge < -0.3 is 15.2 Å². The minimum atomic E-state index is -1.05. The summed E-state index contributed by atoms with van der Waals surface area (Å²) in [5.74, 6) is 0.949. The zero-order valence-corrected chi connectivity index (χ0v) is 26.5. The van der Waals surface area contributed by atoms with E-state index in [0.29, 0.717) is 17.1 Å². The van der Waals surface area contributed by atoms with Gasteiger partial charge in [-0.05, 0) is 94.8 Å². The lowest BCUT2D eigenvalue weighted by Crippen LogP contribution is -2.42. The lowest BCUT2D eigenvalue weighted by molar-refractivity contribution is -0.138. The number of carboxylic acid groups (broad SMARTS) is 1. The molecule has 0 aromatic heterocycles. The molecule has 0 bridgehead atoms. The number of hydrogen-bond donors (Lipinski definition) is 2. The summed E-state index contributed by atoms with van der Waals surface area (Å²) in [4.78, 5) is 25.2. The summed E-state index contributed by atoms with van der Waals surface area (Å²) in [7, 11) is 0. The van der Waals surface area contributed by atoms with E-state index in [2.05, 4.69) is 51.2 Å². The molecular weight excluding hydrogens is 554 g/mol. The van der Waals surface area contributed by atoms with Gasteiger partial charge in [-0.1, -0.05) is 83.5 Å². The first-order valence-corrected chi connectivity index (χ1v) is 15.9. The fraction of sp³-hybridized carbons (Fsp3) is 0.297. The van der Waals surface area contributed by atoms with Gasteiger partial charge in [-0.15, -0.1) is 0 Å². The van der Waals surface area contributed by atoms with Crippen LogP contribution >= 0.6 is 11.8 Å². The molecule has 226 valence electrons. The van der Waals surface area contributed by atoms with E-state index in [0.717, 1.165) is 42.6 Å². The highest BCUT2D eigenvalue weighted by Gasteiger charge is 2.22. The third-order valence-corrected chi connectivity index (χ3v) is 7.85.